The molecule has 0 spiro atoms. The summed E-state index contributed by atoms with van der Waals surface area (Å²) < 4.78 is 31.6. The molecule has 0 saturated heterocycles. The summed E-state index contributed by atoms with van der Waals surface area (Å²) in [5, 5.41) is 9.09. The zero-order valence-corrected chi connectivity index (χ0v) is 13.2. The van der Waals surface area contributed by atoms with Crippen LogP contribution in [0.2, 0.25) is 0 Å². The Morgan fingerprint density at radius 2 is 1.90 bits per heavy atom. The summed E-state index contributed by atoms with van der Waals surface area (Å²) >= 11 is 0. The Labute approximate surface area is 126 Å². The number of hydrogen-bond donors (Lipinski definition) is 1. The molecule has 0 bridgehead atoms. The van der Waals surface area contributed by atoms with Crippen molar-refractivity contribution in [2.24, 2.45) is 0 Å². The number of nitrogens with zero attached hydrogens (tertiary/aromatic N) is 1. The molecule has 21 heavy (non-hydrogen) atoms. The molecule has 1 aromatic rings. The molecule has 0 saturated carbocycles. The first kappa shape index (κ1) is 16.4. The van der Waals surface area contributed by atoms with Crippen molar-refractivity contribution >= 4 is 10.0 Å². The molecule has 0 radical (unpaired) electrons. The fourth-order valence-electron chi connectivity index (χ4n) is 2.68. The number of aliphatic hydroxyl groups excluding tert-OH is 1. The van der Waals surface area contributed by atoms with Gasteiger partial charge in [0.15, 0.2) is 0 Å². The maximum Gasteiger partial charge on any atom is 0.243 e. The van der Waals surface area contributed by atoms with Gasteiger partial charge in [-0.15, -0.1) is 0 Å². The van der Waals surface area contributed by atoms with E-state index in [2.05, 4.69) is 0 Å². The minimum absolute atomic E-state index is 0.0861. The predicted octanol–water partition coefficient (Wildman–Crippen LogP) is 1.19. The molecule has 0 aromatic heterocycles. The first-order valence-corrected chi connectivity index (χ1v) is 8.75. The number of benzene rings is 1. The minimum atomic E-state index is -3.58. The molecule has 1 N–H and O–H groups in total. The largest absolute Gasteiger partial charge is 0.395 e. The molecule has 0 amide bonds. The number of rotatable bonds is 7. The summed E-state index contributed by atoms with van der Waals surface area (Å²) in [6.45, 7) is 0.442. The molecule has 2 rings (SSSR count). The van der Waals surface area contributed by atoms with Gasteiger partial charge in [0.25, 0.3) is 0 Å². The monoisotopic (exact) mass is 313 g/mol. The van der Waals surface area contributed by atoms with E-state index in [-0.39, 0.29) is 19.7 Å². The van der Waals surface area contributed by atoms with Crippen LogP contribution < -0.4 is 0 Å². The van der Waals surface area contributed by atoms with E-state index in [0.717, 1.165) is 24.8 Å². The quantitative estimate of drug-likeness (QED) is 0.821. The van der Waals surface area contributed by atoms with E-state index in [0.29, 0.717) is 11.5 Å². The second kappa shape index (κ2) is 7.35. The van der Waals surface area contributed by atoms with Crippen LogP contribution in [-0.4, -0.2) is 51.2 Å². The van der Waals surface area contributed by atoms with Crippen LogP contribution >= 0.6 is 0 Å². The Balaban J connectivity index is 2.28. The van der Waals surface area contributed by atoms with Gasteiger partial charge in [-0.25, -0.2) is 8.42 Å². The lowest BCUT2D eigenvalue weighted by Crippen LogP contribution is -2.36. The molecule has 0 unspecified atom stereocenters. The fraction of sp³-hybridized carbons (Fsp3) is 0.600. The van der Waals surface area contributed by atoms with Gasteiger partial charge in [-0.1, -0.05) is 6.07 Å². The zero-order valence-electron chi connectivity index (χ0n) is 12.4. The molecule has 1 aliphatic rings. The molecular formula is C15H23NO4S. The fourth-order valence-corrected chi connectivity index (χ4v) is 4.14. The number of aliphatic hydroxyl groups is 1. The lowest BCUT2D eigenvalue weighted by Gasteiger charge is -2.22. The standard InChI is InChI=1S/C15H23NO4S/c1-20-11-9-16(8-10-17)21(18,19)15-7-6-13-4-2-3-5-14(13)12-15/h6-7,12,17H,2-5,8-11H2,1H3. The topological polar surface area (TPSA) is 66.8 Å². The highest BCUT2D eigenvalue weighted by Crippen LogP contribution is 2.25. The maximum atomic E-state index is 12.7. The Hall–Kier alpha value is -0.950. The molecule has 6 heteroatoms. The van der Waals surface area contributed by atoms with Crippen LogP contribution in [0.3, 0.4) is 0 Å². The van der Waals surface area contributed by atoms with Gasteiger partial charge < -0.3 is 9.84 Å². The van der Waals surface area contributed by atoms with Gasteiger partial charge in [0, 0.05) is 20.2 Å². The van der Waals surface area contributed by atoms with Crippen LogP contribution in [0, 0.1) is 0 Å². The van der Waals surface area contributed by atoms with E-state index in [9.17, 15) is 8.42 Å². The number of methoxy groups -OCH3 is 1. The van der Waals surface area contributed by atoms with Crippen molar-refractivity contribution in [1.29, 1.82) is 0 Å². The SMILES string of the molecule is COCCN(CCO)S(=O)(=O)c1ccc2c(c1)CCCC2. The van der Waals surface area contributed by atoms with Gasteiger partial charge in [-0.05, 0) is 48.9 Å². The first-order chi connectivity index (χ1) is 10.1. The van der Waals surface area contributed by atoms with Crippen LogP contribution in [0.25, 0.3) is 0 Å². The summed E-state index contributed by atoms with van der Waals surface area (Å²) in [7, 11) is -2.05. The summed E-state index contributed by atoms with van der Waals surface area (Å²) in [6, 6.07) is 5.40. The van der Waals surface area contributed by atoms with E-state index in [1.807, 2.05) is 6.07 Å². The molecule has 0 atom stereocenters. The molecule has 0 heterocycles. The number of hydrogen-bond acceptors (Lipinski definition) is 4. The summed E-state index contributed by atoms with van der Waals surface area (Å²) in [5.74, 6) is 0. The molecule has 0 fully saturated rings. The first-order valence-electron chi connectivity index (χ1n) is 7.31. The summed E-state index contributed by atoms with van der Waals surface area (Å²) in [5.41, 5.74) is 2.39. The number of ether oxygens (including phenoxy) is 1. The van der Waals surface area contributed by atoms with E-state index in [1.165, 1.54) is 23.4 Å². The van der Waals surface area contributed by atoms with Crippen LogP contribution in [-0.2, 0) is 27.6 Å². The van der Waals surface area contributed by atoms with Crippen LogP contribution in [0.5, 0.6) is 0 Å². The van der Waals surface area contributed by atoms with Gasteiger partial charge >= 0.3 is 0 Å². The Morgan fingerprint density at radius 1 is 1.19 bits per heavy atom. The average molecular weight is 313 g/mol. The maximum absolute atomic E-state index is 12.7. The number of aryl methyl sites for hydroxylation is 2. The molecule has 0 aliphatic heterocycles. The van der Waals surface area contributed by atoms with Gasteiger partial charge in [-0.3, -0.25) is 0 Å². The highest BCUT2D eigenvalue weighted by molar-refractivity contribution is 7.89. The second-order valence-electron chi connectivity index (χ2n) is 5.26. The summed E-state index contributed by atoms with van der Waals surface area (Å²) in [4.78, 5) is 0.313. The van der Waals surface area contributed by atoms with Gasteiger partial charge in [0.05, 0.1) is 18.1 Å². The molecule has 1 aromatic carbocycles. The number of sulfonamides is 1. The Bertz CT molecular complexity index is 571. The van der Waals surface area contributed by atoms with Gasteiger partial charge in [-0.2, -0.15) is 4.31 Å². The van der Waals surface area contributed by atoms with E-state index >= 15 is 0 Å². The third-order valence-corrected chi connectivity index (χ3v) is 5.75. The van der Waals surface area contributed by atoms with Gasteiger partial charge in [0.1, 0.15) is 0 Å². The third kappa shape index (κ3) is 3.83. The Morgan fingerprint density at radius 3 is 2.57 bits per heavy atom. The molecule has 1 aliphatic carbocycles. The van der Waals surface area contributed by atoms with E-state index < -0.39 is 10.0 Å². The van der Waals surface area contributed by atoms with Crippen molar-refractivity contribution in [2.75, 3.05) is 33.4 Å². The third-order valence-electron chi connectivity index (χ3n) is 3.85. The number of fused-ring (bicyclic) bond motifs is 1. The van der Waals surface area contributed by atoms with Crippen LogP contribution in [0.4, 0.5) is 0 Å². The van der Waals surface area contributed by atoms with Crippen molar-refractivity contribution in [1.82, 2.24) is 4.31 Å². The second-order valence-corrected chi connectivity index (χ2v) is 7.20. The minimum Gasteiger partial charge on any atom is -0.395 e. The normalized spacial score (nSPS) is 15.2. The van der Waals surface area contributed by atoms with Crippen molar-refractivity contribution in [3.8, 4) is 0 Å². The molecule has 5 nitrogen and oxygen atoms in total. The predicted molar refractivity (Wildman–Crippen MR) is 80.8 cm³/mol. The van der Waals surface area contributed by atoms with Crippen LogP contribution in [0.15, 0.2) is 23.1 Å². The van der Waals surface area contributed by atoms with Crippen molar-refractivity contribution < 1.29 is 18.3 Å². The average Bonchev–Trinajstić information content (AvgIpc) is 2.50. The molecular weight excluding hydrogens is 290 g/mol. The van der Waals surface area contributed by atoms with Crippen LogP contribution in [0.1, 0.15) is 24.0 Å². The Kier molecular flexibility index (Phi) is 5.75. The smallest absolute Gasteiger partial charge is 0.243 e. The molecule has 118 valence electrons. The van der Waals surface area contributed by atoms with Gasteiger partial charge in [0.2, 0.25) is 10.0 Å². The van der Waals surface area contributed by atoms with Crippen molar-refractivity contribution in [3.05, 3.63) is 29.3 Å². The lowest BCUT2D eigenvalue weighted by molar-refractivity contribution is 0.168. The van der Waals surface area contributed by atoms with Crippen molar-refractivity contribution in [2.45, 2.75) is 30.6 Å². The summed E-state index contributed by atoms with van der Waals surface area (Å²) in [6.07, 6.45) is 4.25. The van der Waals surface area contributed by atoms with E-state index in [4.69, 9.17) is 9.84 Å². The van der Waals surface area contributed by atoms with Crippen molar-refractivity contribution in [3.63, 3.8) is 0 Å². The van der Waals surface area contributed by atoms with E-state index in [1.54, 1.807) is 12.1 Å². The lowest BCUT2D eigenvalue weighted by atomic mass is 9.92. The highest BCUT2D eigenvalue weighted by Gasteiger charge is 2.25. The zero-order chi connectivity index (χ0) is 15.3. The highest BCUT2D eigenvalue weighted by atomic mass is 32.2.